The highest BCUT2D eigenvalue weighted by Gasteiger charge is 2.25. The molecule has 7 heteroatoms. The van der Waals surface area contributed by atoms with E-state index in [1.54, 1.807) is 0 Å². The fraction of sp³-hybridized carbons (Fsp3) is 0.471. The Morgan fingerprint density at radius 1 is 1.17 bits per heavy atom. The van der Waals surface area contributed by atoms with Gasteiger partial charge in [0, 0.05) is 36.8 Å². The number of piperazine rings is 1. The van der Waals surface area contributed by atoms with Crippen LogP contribution in [0.2, 0.25) is 0 Å². The molecule has 3 heterocycles. The average Bonchev–Trinajstić information content (AvgIpc) is 3.02. The van der Waals surface area contributed by atoms with Gasteiger partial charge in [0.1, 0.15) is 11.6 Å². The van der Waals surface area contributed by atoms with Gasteiger partial charge in [-0.15, -0.1) is 0 Å². The van der Waals surface area contributed by atoms with Gasteiger partial charge < -0.3 is 10.6 Å². The second-order valence-electron chi connectivity index (χ2n) is 6.36. The number of benzene rings is 1. The van der Waals surface area contributed by atoms with Crippen LogP contribution < -0.4 is 5.73 Å². The van der Waals surface area contributed by atoms with Crippen LogP contribution in [0, 0.1) is 0 Å². The van der Waals surface area contributed by atoms with Crippen molar-refractivity contribution >= 4 is 33.7 Å². The highest BCUT2D eigenvalue weighted by molar-refractivity contribution is 8.14. The summed E-state index contributed by atoms with van der Waals surface area (Å²) in [7, 11) is 0. The van der Waals surface area contributed by atoms with Crippen LogP contribution >= 0.6 is 11.8 Å². The molecular weight excluding hydrogens is 320 g/mol. The second kappa shape index (κ2) is 6.57. The van der Waals surface area contributed by atoms with Gasteiger partial charge in [0.25, 0.3) is 0 Å². The van der Waals surface area contributed by atoms with Gasteiger partial charge in [-0.25, -0.2) is 9.97 Å². The lowest BCUT2D eigenvalue weighted by Gasteiger charge is -2.35. The van der Waals surface area contributed by atoms with Gasteiger partial charge in [-0.2, -0.15) is 0 Å². The Hall–Kier alpha value is -1.86. The zero-order chi connectivity index (χ0) is 16.5. The second-order valence-corrected chi connectivity index (χ2v) is 7.76. The molecule has 0 bridgehead atoms. The first-order valence-electron chi connectivity index (χ1n) is 8.38. The number of para-hydroxylation sites is 1. The van der Waals surface area contributed by atoms with Crippen LogP contribution in [0.15, 0.2) is 29.3 Å². The number of thioether (sulfide) groups is 1. The molecular formula is C17H22N6S. The van der Waals surface area contributed by atoms with Crippen molar-refractivity contribution in [2.24, 2.45) is 4.99 Å². The van der Waals surface area contributed by atoms with Gasteiger partial charge in [0.2, 0.25) is 0 Å². The maximum atomic E-state index is 6.08. The van der Waals surface area contributed by atoms with E-state index in [2.05, 4.69) is 31.7 Å². The average molecular weight is 342 g/mol. The number of aromatic nitrogens is 2. The highest BCUT2D eigenvalue weighted by Crippen LogP contribution is 2.24. The summed E-state index contributed by atoms with van der Waals surface area (Å²) in [6.45, 7) is 7.97. The Bertz CT molecular complexity index is 769. The van der Waals surface area contributed by atoms with Gasteiger partial charge in [0.05, 0.1) is 18.6 Å². The molecule has 126 valence electrons. The van der Waals surface area contributed by atoms with E-state index < -0.39 is 0 Å². The van der Waals surface area contributed by atoms with Crippen LogP contribution in [-0.2, 0) is 6.54 Å². The SMILES string of the molecule is C[C@H]1CN=C(N2CCN(Cc3nc(N)c4ccccc4n3)CC2)S1. The maximum Gasteiger partial charge on any atom is 0.159 e. The molecule has 0 saturated carbocycles. The Morgan fingerprint density at radius 3 is 2.71 bits per heavy atom. The van der Waals surface area contributed by atoms with Gasteiger partial charge >= 0.3 is 0 Å². The summed E-state index contributed by atoms with van der Waals surface area (Å²) < 4.78 is 0. The van der Waals surface area contributed by atoms with Crippen LogP contribution in [0.1, 0.15) is 12.7 Å². The lowest BCUT2D eigenvalue weighted by atomic mass is 10.2. The summed E-state index contributed by atoms with van der Waals surface area (Å²) >= 11 is 1.90. The molecule has 4 rings (SSSR count). The number of hydrogen-bond donors (Lipinski definition) is 1. The van der Waals surface area contributed by atoms with Crippen molar-refractivity contribution in [1.82, 2.24) is 19.8 Å². The van der Waals surface area contributed by atoms with Gasteiger partial charge in [-0.05, 0) is 12.1 Å². The lowest BCUT2D eigenvalue weighted by Crippen LogP contribution is -2.47. The van der Waals surface area contributed by atoms with Crippen LogP contribution in [0.25, 0.3) is 10.9 Å². The molecule has 0 aliphatic carbocycles. The molecule has 2 aliphatic heterocycles. The molecule has 6 nitrogen and oxygen atoms in total. The summed E-state index contributed by atoms with van der Waals surface area (Å²) in [4.78, 5) is 18.6. The quantitative estimate of drug-likeness (QED) is 0.898. The van der Waals surface area contributed by atoms with E-state index in [4.69, 9.17) is 5.73 Å². The molecule has 0 amide bonds. The van der Waals surface area contributed by atoms with E-state index in [0.29, 0.717) is 11.1 Å². The maximum absolute atomic E-state index is 6.08. The number of rotatable bonds is 2. The molecule has 1 atom stereocenters. The molecule has 0 unspecified atom stereocenters. The molecule has 2 N–H and O–H groups in total. The van der Waals surface area contributed by atoms with E-state index in [9.17, 15) is 0 Å². The number of nitrogen functional groups attached to an aromatic ring is 1. The Labute approximate surface area is 146 Å². The number of amidine groups is 1. The Morgan fingerprint density at radius 2 is 1.96 bits per heavy atom. The van der Waals surface area contributed by atoms with Crippen LogP contribution in [0.4, 0.5) is 5.82 Å². The largest absolute Gasteiger partial charge is 0.383 e. The fourth-order valence-corrected chi connectivity index (χ4v) is 4.14. The van der Waals surface area contributed by atoms with Gasteiger partial charge in [-0.3, -0.25) is 9.89 Å². The van der Waals surface area contributed by atoms with Crippen LogP contribution in [0.3, 0.4) is 0 Å². The van der Waals surface area contributed by atoms with Gasteiger partial charge in [0.15, 0.2) is 5.17 Å². The topological polar surface area (TPSA) is 70.6 Å². The zero-order valence-electron chi connectivity index (χ0n) is 13.9. The molecule has 2 aromatic rings. The summed E-state index contributed by atoms with van der Waals surface area (Å²) in [5.74, 6) is 1.38. The van der Waals surface area contributed by atoms with Crippen molar-refractivity contribution in [1.29, 1.82) is 0 Å². The normalized spacial score (nSPS) is 22.1. The predicted octanol–water partition coefficient (Wildman–Crippen LogP) is 1.82. The molecule has 1 aromatic carbocycles. The zero-order valence-corrected chi connectivity index (χ0v) is 14.7. The van der Waals surface area contributed by atoms with Crippen molar-refractivity contribution in [3.8, 4) is 0 Å². The van der Waals surface area contributed by atoms with E-state index in [1.807, 2.05) is 36.0 Å². The number of fused-ring (bicyclic) bond motifs is 1. The van der Waals surface area contributed by atoms with Crippen LogP contribution in [-0.4, -0.2) is 62.9 Å². The van der Waals surface area contributed by atoms with Crippen LogP contribution in [0.5, 0.6) is 0 Å². The molecule has 0 radical (unpaired) electrons. The minimum Gasteiger partial charge on any atom is -0.383 e. The minimum absolute atomic E-state index is 0.569. The van der Waals surface area contributed by atoms with Crippen molar-refractivity contribution in [2.75, 3.05) is 38.5 Å². The first kappa shape index (κ1) is 15.7. The van der Waals surface area contributed by atoms with Crippen molar-refractivity contribution in [2.45, 2.75) is 18.7 Å². The molecule has 1 saturated heterocycles. The summed E-state index contributed by atoms with van der Waals surface area (Å²) in [6.07, 6.45) is 0. The van der Waals surface area contributed by atoms with E-state index in [1.165, 1.54) is 5.17 Å². The van der Waals surface area contributed by atoms with E-state index in [-0.39, 0.29) is 0 Å². The number of aliphatic imine (C=N–C) groups is 1. The third-order valence-corrected chi connectivity index (χ3v) is 5.63. The van der Waals surface area contributed by atoms with Crippen molar-refractivity contribution in [3.05, 3.63) is 30.1 Å². The number of nitrogens with zero attached hydrogens (tertiary/aromatic N) is 5. The summed E-state index contributed by atoms with van der Waals surface area (Å²) in [5, 5.41) is 2.76. The highest BCUT2D eigenvalue weighted by atomic mass is 32.2. The van der Waals surface area contributed by atoms with Gasteiger partial charge in [-0.1, -0.05) is 30.8 Å². The summed E-state index contributed by atoms with van der Waals surface area (Å²) in [6, 6.07) is 7.91. The molecule has 2 aliphatic rings. The minimum atomic E-state index is 0.569. The molecule has 1 fully saturated rings. The molecule has 0 spiro atoms. The number of hydrogen-bond acceptors (Lipinski definition) is 7. The van der Waals surface area contributed by atoms with Crippen molar-refractivity contribution < 1.29 is 0 Å². The smallest absolute Gasteiger partial charge is 0.159 e. The molecule has 1 aromatic heterocycles. The van der Waals surface area contributed by atoms with E-state index in [0.717, 1.165) is 56.0 Å². The predicted molar refractivity (Wildman–Crippen MR) is 100 cm³/mol. The monoisotopic (exact) mass is 342 g/mol. The number of nitrogens with two attached hydrogens (primary N) is 1. The van der Waals surface area contributed by atoms with Crippen molar-refractivity contribution in [3.63, 3.8) is 0 Å². The fourth-order valence-electron chi connectivity index (χ4n) is 3.15. The standard InChI is InChI=1S/C17H22N6S/c1-12-10-19-17(24-12)23-8-6-22(7-9-23)11-15-20-14-5-3-2-4-13(14)16(18)21-15/h2-5,12H,6-11H2,1H3,(H2,18,20,21)/t12-/m0/s1. The number of anilines is 1. The lowest BCUT2D eigenvalue weighted by molar-refractivity contribution is 0.174. The Balaban J connectivity index is 1.40. The molecule has 24 heavy (non-hydrogen) atoms. The first-order valence-corrected chi connectivity index (χ1v) is 9.26. The summed E-state index contributed by atoms with van der Waals surface area (Å²) in [5.41, 5.74) is 7.00. The Kier molecular flexibility index (Phi) is 4.28. The third-order valence-electron chi connectivity index (χ3n) is 4.48. The van der Waals surface area contributed by atoms with E-state index >= 15 is 0 Å². The first-order chi connectivity index (χ1) is 11.7. The third kappa shape index (κ3) is 3.18.